The van der Waals surface area contributed by atoms with Crippen molar-refractivity contribution in [3.8, 4) is 0 Å². The van der Waals surface area contributed by atoms with Crippen LogP contribution in [0.25, 0.3) is 0 Å². The van der Waals surface area contributed by atoms with E-state index >= 15 is 0 Å². The summed E-state index contributed by atoms with van der Waals surface area (Å²) in [6.07, 6.45) is 0. The van der Waals surface area contributed by atoms with Crippen LogP contribution in [-0.2, 0) is 4.79 Å². The lowest BCUT2D eigenvalue weighted by molar-refractivity contribution is -0.115. The molecule has 2 nitrogen and oxygen atoms in total. The monoisotopic (exact) mass is 287 g/mol. The summed E-state index contributed by atoms with van der Waals surface area (Å²) in [5, 5.41) is 2.91. The summed E-state index contributed by atoms with van der Waals surface area (Å²) < 4.78 is -0.0208. The fourth-order valence-corrected chi connectivity index (χ4v) is 2.60. The van der Waals surface area contributed by atoms with Gasteiger partial charge in [0, 0.05) is 11.3 Å². The van der Waals surface area contributed by atoms with Gasteiger partial charge in [0.2, 0.25) is 5.91 Å². The topological polar surface area (TPSA) is 29.1 Å². The van der Waals surface area contributed by atoms with Crippen molar-refractivity contribution in [2.45, 2.75) is 17.8 Å². The van der Waals surface area contributed by atoms with Gasteiger partial charge >= 0.3 is 0 Å². The maximum Gasteiger partial charge on any atom is 0.241 e. The Hall–Kier alpha value is -0.580. The molecule has 0 saturated carbocycles. The minimum absolute atomic E-state index is 0.0208. The van der Waals surface area contributed by atoms with Crippen molar-refractivity contribution >= 4 is 34.2 Å². The molecule has 1 unspecified atom stereocenters. The number of amides is 1. The van der Waals surface area contributed by atoms with Crippen LogP contribution in [0.4, 0.5) is 5.69 Å². The third-order valence-electron chi connectivity index (χ3n) is 2.40. The first-order chi connectivity index (χ1) is 6.11. The van der Waals surface area contributed by atoms with E-state index in [0.717, 1.165) is 16.8 Å². The number of aryl methyl sites for hydroxylation is 2. The van der Waals surface area contributed by atoms with Crippen molar-refractivity contribution < 1.29 is 4.79 Å². The fourth-order valence-electron chi connectivity index (χ4n) is 1.64. The largest absolute Gasteiger partial charge is 0.324 e. The second kappa shape index (κ2) is 2.97. The Morgan fingerprint density at radius 2 is 1.92 bits per heavy atom. The van der Waals surface area contributed by atoms with Crippen molar-refractivity contribution in [2.75, 3.05) is 5.32 Å². The predicted molar refractivity (Wildman–Crippen MR) is 61.3 cm³/mol. The van der Waals surface area contributed by atoms with E-state index in [1.165, 1.54) is 5.56 Å². The number of benzene rings is 1. The third-order valence-corrected chi connectivity index (χ3v) is 3.59. The number of carbonyl (C=O) groups is 1. The van der Waals surface area contributed by atoms with Crippen LogP contribution in [-0.4, -0.2) is 5.91 Å². The van der Waals surface area contributed by atoms with E-state index in [1.807, 2.05) is 19.9 Å². The molecule has 1 aromatic carbocycles. The number of nitrogens with one attached hydrogen (secondary N) is 1. The van der Waals surface area contributed by atoms with Gasteiger partial charge in [0.05, 0.1) is 0 Å². The molecule has 68 valence electrons. The fraction of sp³-hybridized carbons (Fsp3) is 0.300. The molecule has 1 N–H and O–H groups in total. The summed E-state index contributed by atoms with van der Waals surface area (Å²) in [5.41, 5.74) is 4.52. The van der Waals surface area contributed by atoms with Crippen molar-refractivity contribution in [3.05, 3.63) is 28.8 Å². The highest BCUT2D eigenvalue weighted by atomic mass is 127. The van der Waals surface area contributed by atoms with Crippen LogP contribution < -0.4 is 5.32 Å². The number of halogens is 1. The highest BCUT2D eigenvalue weighted by Crippen LogP contribution is 2.40. The van der Waals surface area contributed by atoms with Gasteiger partial charge in [0.15, 0.2) is 0 Å². The van der Waals surface area contributed by atoms with Crippen LogP contribution >= 0.6 is 22.6 Å². The molecule has 2 rings (SSSR count). The third kappa shape index (κ3) is 1.25. The number of anilines is 1. The molecule has 0 fully saturated rings. The molecule has 0 spiro atoms. The van der Waals surface area contributed by atoms with Crippen molar-refractivity contribution in [2.24, 2.45) is 0 Å². The molecule has 1 aliphatic rings. The van der Waals surface area contributed by atoms with E-state index in [4.69, 9.17) is 0 Å². The number of rotatable bonds is 0. The number of hydrogen-bond acceptors (Lipinski definition) is 1. The van der Waals surface area contributed by atoms with Gasteiger partial charge in [0.1, 0.15) is 3.92 Å². The van der Waals surface area contributed by atoms with Crippen molar-refractivity contribution in [3.63, 3.8) is 0 Å². The maximum atomic E-state index is 11.4. The number of hydrogen-bond donors (Lipinski definition) is 1. The highest BCUT2D eigenvalue weighted by Gasteiger charge is 2.30. The standard InChI is InChI=1S/C10H10INO/c1-5-3-4-6(2)9-7(5)8(11)10(13)12-9/h3-4,8H,1-2H3,(H,12,13). The molecule has 0 aromatic heterocycles. The molecule has 1 heterocycles. The molecular weight excluding hydrogens is 277 g/mol. The minimum Gasteiger partial charge on any atom is -0.324 e. The SMILES string of the molecule is Cc1ccc(C)c2c1NC(=O)C2I. The lowest BCUT2D eigenvalue weighted by Crippen LogP contribution is -2.06. The number of fused-ring (bicyclic) bond motifs is 1. The van der Waals surface area contributed by atoms with Gasteiger partial charge in [-0.05, 0) is 25.0 Å². The Morgan fingerprint density at radius 1 is 1.31 bits per heavy atom. The van der Waals surface area contributed by atoms with Crippen LogP contribution in [0.1, 0.15) is 20.6 Å². The average molecular weight is 287 g/mol. The van der Waals surface area contributed by atoms with Gasteiger partial charge in [-0.3, -0.25) is 4.79 Å². The average Bonchev–Trinajstić information content (AvgIpc) is 2.38. The van der Waals surface area contributed by atoms with Crippen LogP contribution in [0, 0.1) is 13.8 Å². The summed E-state index contributed by atoms with van der Waals surface area (Å²) >= 11 is 2.18. The number of carbonyl (C=O) groups excluding carboxylic acids is 1. The lowest BCUT2D eigenvalue weighted by Gasteiger charge is -2.06. The van der Waals surface area contributed by atoms with E-state index in [2.05, 4.69) is 34.0 Å². The first-order valence-electron chi connectivity index (χ1n) is 4.16. The molecule has 3 heteroatoms. The first kappa shape index (κ1) is 8.99. The van der Waals surface area contributed by atoms with Crippen LogP contribution in [0.2, 0.25) is 0 Å². The van der Waals surface area contributed by atoms with Crippen LogP contribution in [0.5, 0.6) is 0 Å². The molecule has 1 amide bonds. The number of alkyl halides is 1. The first-order valence-corrected chi connectivity index (χ1v) is 5.41. The Labute approximate surface area is 90.9 Å². The zero-order valence-electron chi connectivity index (χ0n) is 7.52. The molecule has 0 bridgehead atoms. The summed E-state index contributed by atoms with van der Waals surface area (Å²) in [6.45, 7) is 4.07. The Morgan fingerprint density at radius 3 is 2.54 bits per heavy atom. The van der Waals surface area contributed by atoms with Crippen molar-refractivity contribution in [1.82, 2.24) is 0 Å². The van der Waals surface area contributed by atoms with E-state index in [9.17, 15) is 4.79 Å². The lowest BCUT2D eigenvalue weighted by atomic mass is 10.0. The quantitative estimate of drug-likeness (QED) is 0.577. The predicted octanol–water partition coefficient (Wildman–Crippen LogP) is 2.73. The summed E-state index contributed by atoms with van der Waals surface area (Å²) in [5.74, 6) is 0.105. The smallest absolute Gasteiger partial charge is 0.241 e. The van der Waals surface area contributed by atoms with Gasteiger partial charge in [-0.2, -0.15) is 0 Å². The normalized spacial score (nSPS) is 19.9. The molecular formula is C10H10INO. The van der Waals surface area contributed by atoms with E-state index in [-0.39, 0.29) is 9.83 Å². The Balaban J connectivity index is 2.68. The molecule has 0 aliphatic carbocycles. The van der Waals surface area contributed by atoms with Crippen molar-refractivity contribution in [1.29, 1.82) is 0 Å². The molecule has 1 aromatic rings. The van der Waals surface area contributed by atoms with Crippen LogP contribution in [0.3, 0.4) is 0 Å². The highest BCUT2D eigenvalue weighted by molar-refractivity contribution is 14.1. The summed E-state index contributed by atoms with van der Waals surface area (Å²) in [7, 11) is 0. The second-order valence-electron chi connectivity index (χ2n) is 3.34. The zero-order chi connectivity index (χ0) is 9.59. The maximum absolute atomic E-state index is 11.4. The Kier molecular flexibility index (Phi) is 2.06. The molecule has 0 radical (unpaired) electrons. The van der Waals surface area contributed by atoms with Crippen LogP contribution in [0.15, 0.2) is 12.1 Å². The molecule has 13 heavy (non-hydrogen) atoms. The van der Waals surface area contributed by atoms with Gasteiger partial charge < -0.3 is 5.32 Å². The molecule has 0 saturated heterocycles. The van der Waals surface area contributed by atoms with Gasteiger partial charge in [-0.1, -0.05) is 34.7 Å². The zero-order valence-corrected chi connectivity index (χ0v) is 9.68. The molecule has 1 aliphatic heterocycles. The van der Waals surface area contributed by atoms with Gasteiger partial charge in [0.25, 0.3) is 0 Å². The summed E-state index contributed by atoms with van der Waals surface area (Å²) in [4.78, 5) is 11.4. The van der Waals surface area contributed by atoms with E-state index in [0.29, 0.717) is 0 Å². The van der Waals surface area contributed by atoms with Gasteiger partial charge in [-0.25, -0.2) is 0 Å². The summed E-state index contributed by atoms with van der Waals surface area (Å²) in [6, 6.07) is 4.11. The second-order valence-corrected chi connectivity index (χ2v) is 4.59. The van der Waals surface area contributed by atoms with E-state index in [1.54, 1.807) is 0 Å². The van der Waals surface area contributed by atoms with Gasteiger partial charge in [-0.15, -0.1) is 0 Å². The Bertz CT molecular complexity index is 387. The minimum atomic E-state index is -0.0208. The molecule has 1 atom stereocenters. The van der Waals surface area contributed by atoms with E-state index < -0.39 is 0 Å².